The molecule has 2 amide bonds. The van der Waals surface area contributed by atoms with Gasteiger partial charge in [0.1, 0.15) is 6.61 Å². The molecule has 4 heteroatoms. The van der Waals surface area contributed by atoms with Crippen molar-refractivity contribution in [2.24, 2.45) is 0 Å². The average Bonchev–Trinajstić information content (AvgIpc) is 2.37. The second kappa shape index (κ2) is 7.36. The van der Waals surface area contributed by atoms with E-state index in [2.05, 4.69) is 22.5 Å². The van der Waals surface area contributed by atoms with Crippen LogP contribution in [0.3, 0.4) is 0 Å². The summed E-state index contributed by atoms with van der Waals surface area (Å²) in [4.78, 5) is 11.5. The largest absolute Gasteiger partial charge is 0.384 e. The molecule has 0 aromatic heterocycles. The summed E-state index contributed by atoms with van der Waals surface area (Å²) in [5.74, 6) is 5.45. The predicted octanol–water partition coefficient (Wildman–Crippen LogP) is 1.73. The van der Waals surface area contributed by atoms with E-state index in [4.69, 9.17) is 5.11 Å². The van der Waals surface area contributed by atoms with Gasteiger partial charge in [-0.15, -0.1) is 0 Å². The van der Waals surface area contributed by atoms with Crippen LogP contribution in [-0.2, 0) is 6.42 Å². The van der Waals surface area contributed by atoms with Gasteiger partial charge in [-0.2, -0.15) is 0 Å². The lowest BCUT2D eigenvalue weighted by molar-refractivity contribution is 0.252. The Morgan fingerprint density at radius 1 is 1.39 bits per heavy atom. The maximum Gasteiger partial charge on any atom is 0.319 e. The molecule has 0 saturated heterocycles. The molecule has 0 radical (unpaired) electrons. The zero-order valence-electron chi connectivity index (χ0n) is 10.7. The summed E-state index contributed by atoms with van der Waals surface area (Å²) in [6, 6.07) is 5.37. The lowest BCUT2D eigenvalue weighted by Crippen LogP contribution is -2.28. The van der Waals surface area contributed by atoms with Crippen molar-refractivity contribution in [3.05, 3.63) is 29.3 Å². The summed E-state index contributed by atoms with van der Waals surface area (Å²) < 4.78 is 0. The molecule has 0 spiro atoms. The second-order valence-electron chi connectivity index (χ2n) is 3.67. The Bertz CT molecular complexity index is 472. The monoisotopic (exact) mass is 246 g/mol. The highest BCUT2D eigenvalue weighted by atomic mass is 16.2. The molecule has 0 aliphatic rings. The quantitative estimate of drug-likeness (QED) is 0.711. The van der Waals surface area contributed by atoms with E-state index < -0.39 is 0 Å². The van der Waals surface area contributed by atoms with Crippen molar-refractivity contribution in [2.45, 2.75) is 20.3 Å². The van der Waals surface area contributed by atoms with Gasteiger partial charge in [-0.05, 0) is 37.1 Å². The van der Waals surface area contributed by atoms with Gasteiger partial charge in [0.15, 0.2) is 0 Å². The highest BCUT2D eigenvalue weighted by Crippen LogP contribution is 2.17. The first-order valence-corrected chi connectivity index (χ1v) is 5.98. The van der Waals surface area contributed by atoms with Gasteiger partial charge >= 0.3 is 6.03 Å². The van der Waals surface area contributed by atoms with Crippen LogP contribution < -0.4 is 10.6 Å². The molecule has 0 aliphatic carbocycles. The van der Waals surface area contributed by atoms with Crippen molar-refractivity contribution in [3.63, 3.8) is 0 Å². The van der Waals surface area contributed by atoms with Gasteiger partial charge < -0.3 is 15.7 Å². The normalized spacial score (nSPS) is 9.28. The van der Waals surface area contributed by atoms with E-state index in [0.717, 1.165) is 23.2 Å². The lowest BCUT2D eigenvalue weighted by Gasteiger charge is -2.10. The standard InChI is InChI=1S/C14H18N2O2/c1-3-12-10-11(6-5-9-17)7-8-13(12)16-14(18)15-4-2/h7-8,10,17H,3-4,9H2,1-2H3,(H2,15,16,18). The van der Waals surface area contributed by atoms with Crippen LogP contribution in [0.4, 0.5) is 10.5 Å². The van der Waals surface area contributed by atoms with Crippen molar-refractivity contribution >= 4 is 11.7 Å². The molecule has 0 heterocycles. The number of urea groups is 1. The van der Waals surface area contributed by atoms with Crippen LogP contribution in [0.15, 0.2) is 18.2 Å². The Morgan fingerprint density at radius 3 is 2.78 bits per heavy atom. The number of hydrogen-bond donors (Lipinski definition) is 3. The number of rotatable bonds is 3. The maximum atomic E-state index is 11.5. The van der Waals surface area contributed by atoms with Crippen molar-refractivity contribution in [2.75, 3.05) is 18.5 Å². The summed E-state index contributed by atoms with van der Waals surface area (Å²) in [7, 11) is 0. The van der Waals surface area contributed by atoms with Crippen molar-refractivity contribution in [3.8, 4) is 11.8 Å². The highest BCUT2D eigenvalue weighted by Gasteiger charge is 2.05. The third-order valence-corrected chi connectivity index (χ3v) is 2.38. The number of nitrogens with one attached hydrogen (secondary N) is 2. The fraction of sp³-hybridized carbons (Fsp3) is 0.357. The van der Waals surface area contributed by atoms with E-state index in [-0.39, 0.29) is 12.6 Å². The molecular weight excluding hydrogens is 228 g/mol. The minimum Gasteiger partial charge on any atom is -0.384 e. The van der Waals surface area contributed by atoms with Gasteiger partial charge in [-0.3, -0.25) is 0 Å². The Morgan fingerprint density at radius 2 is 2.17 bits per heavy atom. The molecule has 0 aliphatic heterocycles. The van der Waals surface area contributed by atoms with Crippen LogP contribution in [0.5, 0.6) is 0 Å². The van der Waals surface area contributed by atoms with Crippen LogP contribution >= 0.6 is 0 Å². The highest BCUT2D eigenvalue weighted by molar-refractivity contribution is 5.90. The van der Waals surface area contributed by atoms with Crippen molar-refractivity contribution in [1.29, 1.82) is 0 Å². The van der Waals surface area contributed by atoms with Gasteiger partial charge in [0, 0.05) is 17.8 Å². The molecule has 3 N–H and O–H groups in total. The number of anilines is 1. The fourth-order valence-electron chi connectivity index (χ4n) is 1.55. The number of amides is 2. The molecule has 4 nitrogen and oxygen atoms in total. The minimum atomic E-state index is -0.207. The molecule has 18 heavy (non-hydrogen) atoms. The van der Waals surface area contributed by atoms with Crippen LogP contribution in [0.1, 0.15) is 25.0 Å². The summed E-state index contributed by atoms with van der Waals surface area (Å²) in [5.41, 5.74) is 2.64. The Hall–Kier alpha value is -1.99. The Balaban J connectivity index is 2.89. The van der Waals surface area contributed by atoms with Crippen molar-refractivity contribution in [1.82, 2.24) is 5.32 Å². The lowest BCUT2D eigenvalue weighted by atomic mass is 10.1. The molecule has 96 valence electrons. The molecule has 1 rings (SSSR count). The molecule has 0 atom stereocenters. The zero-order chi connectivity index (χ0) is 13.4. The topological polar surface area (TPSA) is 61.4 Å². The number of benzene rings is 1. The van der Waals surface area contributed by atoms with Crippen LogP contribution in [0, 0.1) is 11.8 Å². The Labute approximate surface area is 107 Å². The number of hydrogen-bond acceptors (Lipinski definition) is 2. The third-order valence-electron chi connectivity index (χ3n) is 2.38. The van der Waals surface area contributed by atoms with E-state index in [1.165, 1.54) is 0 Å². The molecule has 0 bridgehead atoms. The molecule has 0 fully saturated rings. The number of carbonyl (C=O) groups excluding carboxylic acids is 1. The van der Waals surface area contributed by atoms with E-state index in [1.807, 2.05) is 32.0 Å². The number of carbonyl (C=O) groups is 1. The number of aliphatic hydroxyl groups is 1. The summed E-state index contributed by atoms with van der Waals surface area (Å²) >= 11 is 0. The molecule has 1 aromatic carbocycles. The molecule has 0 saturated carbocycles. The van der Waals surface area contributed by atoms with Crippen LogP contribution in [-0.4, -0.2) is 24.3 Å². The van der Waals surface area contributed by atoms with Crippen LogP contribution in [0.25, 0.3) is 0 Å². The Kier molecular flexibility index (Phi) is 5.75. The van der Waals surface area contributed by atoms with E-state index in [1.54, 1.807) is 0 Å². The van der Waals surface area contributed by atoms with Gasteiger partial charge in [-0.1, -0.05) is 18.8 Å². The molecule has 1 aromatic rings. The van der Waals surface area contributed by atoms with Crippen LogP contribution in [0.2, 0.25) is 0 Å². The third kappa shape index (κ3) is 4.11. The van der Waals surface area contributed by atoms with Gasteiger partial charge in [0.25, 0.3) is 0 Å². The smallest absolute Gasteiger partial charge is 0.319 e. The minimum absolute atomic E-state index is 0.152. The van der Waals surface area contributed by atoms with E-state index in [9.17, 15) is 4.79 Å². The average molecular weight is 246 g/mol. The SMILES string of the molecule is CCNC(=O)Nc1ccc(C#CCO)cc1CC. The van der Waals surface area contributed by atoms with Gasteiger partial charge in [0.05, 0.1) is 0 Å². The van der Waals surface area contributed by atoms with Gasteiger partial charge in [0.2, 0.25) is 0 Å². The van der Waals surface area contributed by atoms with E-state index >= 15 is 0 Å². The summed E-state index contributed by atoms with van der Waals surface area (Å²) in [6.07, 6.45) is 0.802. The van der Waals surface area contributed by atoms with Gasteiger partial charge in [-0.25, -0.2) is 4.79 Å². The number of aryl methyl sites for hydroxylation is 1. The number of aliphatic hydroxyl groups excluding tert-OH is 1. The zero-order valence-corrected chi connectivity index (χ0v) is 10.7. The summed E-state index contributed by atoms with van der Waals surface area (Å²) in [5, 5.41) is 14.1. The van der Waals surface area contributed by atoms with E-state index in [0.29, 0.717) is 6.54 Å². The predicted molar refractivity (Wildman–Crippen MR) is 72.5 cm³/mol. The second-order valence-corrected chi connectivity index (χ2v) is 3.67. The molecule has 0 unspecified atom stereocenters. The first kappa shape index (κ1) is 14.1. The first-order valence-electron chi connectivity index (χ1n) is 5.98. The maximum absolute atomic E-state index is 11.5. The van der Waals surface area contributed by atoms with Crippen molar-refractivity contribution < 1.29 is 9.90 Å². The fourth-order valence-corrected chi connectivity index (χ4v) is 1.55. The molecular formula is C14H18N2O2. The first-order chi connectivity index (χ1) is 8.71. The summed E-state index contributed by atoms with van der Waals surface area (Å²) in [6.45, 7) is 4.32.